The van der Waals surface area contributed by atoms with Crippen LogP contribution in [0.15, 0.2) is 12.4 Å². The predicted octanol–water partition coefficient (Wildman–Crippen LogP) is 1.68. The van der Waals surface area contributed by atoms with Gasteiger partial charge in [-0.2, -0.15) is 0 Å². The van der Waals surface area contributed by atoms with Gasteiger partial charge in [-0.05, 0) is 37.0 Å². The standard InChI is InChI=1S/C14H20N4O/c1-15-13-8-16-12(7-17-13)14(19)18-6-11-5-9-2-3-10(11)4-9/h7-11H,2-6H2,1H3,(H,15,17)(H,18,19). The third kappa shape index (κ3) is 2.55. The van der Waals surface area contributed by atoms with E-state index >= 15 is 0 Å². The topological polar surface area (TPSA) is 66.9 Å². The highest BCUT2D eigenvalue weighted by molar-refractivity contribution is 5.91. The molecule has 2 bridgehead atoms. The zero-order valence-electron chi connectivity index (χ0n) is 11.2. The summed E-state index contributed by atoms with van der Waals surface area (Å²) in [6, 6.07) is 0. The van der Waals surface area contributed by atoms with Crippen LogP contribution in [0.3, 0.4) is 0 Å². The predicted molar refractivity (Wildman–Crippen MR) is 72.8 cm³/mol. The molecule has 102 valence electrons. The molecule has 3 atom stereocenters. The smallest absolute Gasteiger partial charge is 0.271 e. The van der Waals surface area contributed by atoms with E-state index in [1.165, 1.54) is 31.9 Å². The lowest BCUT2D eigenvalue weighted by atomic mass is 9.89. The monoisotopic (exact) mass is 260 g/mol. The summed E-state index contributed by atoms with van der Waals surface area (Å²) in [6.45, 7) is 0.787. The zero-order valence-corrected chi connectivity index (χ0v) is 11.2. The van der Waals surface area contributed by atoms with Gasteiger partial charge in [0.15, 0.2) is 0 Å². The van der Waals surface area contributed by atoms with Crippen LogP contribution in [0.25, 0.3) is 0 Å². The van der Waals surface area contributed by atoms with Crippen LogP contribution in [-0.2, 0) is 0 Å². The van der Waals surface area contributed by atoms with Crippen molar-refractivity contribution < 1.29 is 4.79 Å². The van der Waals surface area contributed by atoms with Gasteiger partial charge in [-0.3, -0.25) is 4.79 Å². The summed E-state index contributed by atoms with van der Waals surface area (Å²) >= 11 is 0. The quantitative estimate of drug-likeness (QED) is 0.864. The first-order valence-corrected chi connectivity index (χ1v) is 7.04. The summed E-state index contributed by atoms with van der Waals surface area (Å²) in [4.78, 5) is 20.2. The minimum Gasteiger partial charge on any atom is -0.372 e. The van der Waals surface area contributed by atoms with Gasteiger partial charge in [-0.1, -0.05) is 6.42 Å². The average Bonchev–Trinajstić information content (AvgIpc) is 3.07. The lowest BCUT2D eigenvalue weighted by Crippen LogP contribution is -2.32. The van der Waals surface area contributed by atoms with Crippen LogP contribution >= 0.6 is 0 Å². The van der Waals surface area contributed by atoms with Crippen LogP contribution in [0, 0.1) is 17.8 Å². The number of nitrogens with zero attached hydrogens (tertiary/aromatic N) is 2. The van der Waals surface area contributed by atoms with Crippen LogP contribution < -0.4 is 10.6 Å². The third-order valence-corrected chi connectivity index (χ3v) is 4.55. The van der Waals surface area contributed by atoms with E-state index in [-0.39, 0.29) is 5.91 Å². The maximum absolute atomic E-state index is 12.0. The Kier molecular flexibility index (Phi) is 3.36. The minimum absolute atomic E-state index is 0.113. The molecule has 5 nitrogen and oxygen atoms in total. The molecule has 0 saturated heterocycles. The molecule has 5 heteroatoms. The fourth-order valence-corrected chi connectivity index (χ4v) is 3.52. The second kappa shape index (κ2) is 5.15. The van der Waals surface area contributed by atoms with Crippen molar-refractivity contribution in [2.24, 2.45) is 17.8 Å². The highest BCUT2D eigenvalue weighted by Gasteiger charge is 2.39. The lowest BCUT2D eigenvalue weighted by molar-refractivity contribution is 0.0936. The summed E-state index contributed by atoms with van der Waals surface area (Å²) in [7, 11) is 1.78. The number of amides is 1. The van der Waals surface area contributed by atoms with Crippen LogP contribution in [0.2, 0.25) is 0 Å². The molecule has 1 aromatic rings. The van der Waals surface area contributed by atoms with Gasteiger partial charge in [-0.25, -0.2) is 9.97 Å². The van der Waals surface area contributed by atoms with Crippen molar-refractivity contribution in [3.63, 3.8) is 0 Å². The molecule has 19 heavy (non-hydrogen) atoms. The Morgan fingerprint density at radius 2 is 2.21 bits per heavy atom. The fraction of sp³-hybridized carbons (Fsp3) is 0.643. The van der Waals surface area contributed by atoms with Crippen LogP contribution in [0.4, 0.5) is 5.82 Å². The van der Waals surface area contributed by atoms with Crippen molar-refractivity contribution in [2.45, 2.75) is 25.7 Å². The highest BCUT2D eigenvalue weighted by Crippen LogP contribution is 2.47. The largest absolute Gasteiger partial charge is 0.372 e. The Labute approximate surface area is 113 Å². The van der Waals surface area contributed by atoms with Crippen molar-refractivity contribution in [3.05, 3.63) is 18.1 Å². The Morgan fingerprint density at radius 3 is 2.79 bits per heavy atom. The number of aromatic nitrogens is 2. The van der Waals surface area contributed by atoms with Gasteiger partial charge in [-0.15, -0.1) is 0 Å². The van der Waals surface area contributed by atoms with Crippen LogP contribution in [-0.4, -0.2) is 29.5 Å². The third-order valence-electron chi connectivity index (χ3n) is 4.55. The normalized spacial score (nSPS) is 28.4. The fourth-order valence-electron chi connectivity index (χ4n) is 3.52. The number of carbonyl (C=O) groups excluding carboxylic acids is 1. The maximum atomic E-state index is 12.0. The summed E-state index contributed by atoms with van der Waals surface area (Å²) in [5.41, 5.74) is 0.391. The molecule has 0 radical (unpaired) electrons. The van der Waals surface area contributed by atoms with Crippen molar-refractivity contribution in [1.82, 2.24) is 15.3 Å². The second-order valence-corrected chi connectivity index (χ2v) is 5.68. The molecule has 3 rings (SSSR count). The Morgan fingerprint density at radius 1 is 1.32 bits per heavy atom. The van der Waals surface area contributed by atoms with E-state index in [9.17, 15) is 4.79 Å². The van der Waals surface area contributed by atoms with Gasteiger partial charge in [0, 0.05) is 13.6 Å². The molecule has 1 amide bonds. The highest BCUT2D eigenvalue weighted by atomic mass is 16.1. The molecule has 0 aliphatic heterocycles. The Bertz CT molecular complexity index is 459. The lowest BCUT2D eigenvalue weighted by Gasteiger charge is -2.21. The van der Waals surface area contributed by atoms with E-state index in [1.54, 1.807) is 13.2 Å². The molecule has 0 spiro atoms. The Hall–Kier alpha value is -1.65. The van der Waals surface area contributed by atoms with E-state index in [0.29, 0.717) is 17.4 Å². The molecule has 2 aliphatic carbocycles. The number of hydrogen-bond acceptors (Lipinski definition) is 4. The summed E-state index contributed by atoms with van der Waals surface area (Å²) < 4.78 is 0. The molecule has 2 saturated carbocycles. The molecule has 2 aliphatic rings. The average molecular weight is 260 g/mol. The first-order chi connectivity index (χ1) is 9.26. The molecule has 2 N–H and O–H groups in total. The van der Waals surface area contributed by atoms with Gasteiger partial charge in [0.1, 0.15) is 11.5 Å². The van der Waals surface area contributed by atoms with E-state index in [0.717, 1.165) is 18.4 Å². The molecule has 1 heterocycles. The molecule has 0 aromatic carbocycles. The van der Waals surface area contributed by atoms with Gasteiger partial charge in [0.2, 0.25) is 0 Å². The van der Waals surface area contributed by atoms with E-state index < -0.39 is 0 Å². The van der Waals surface area contributed by atoms with Gasteiger partial charge >= 0.3 is 0 Å². The molecule has 1 aromatic heterocycles. The number of fused-ring (bicyclic) bond motifs is 2. The molecule has 2 fully saturated rings. The van der Waals surface area contributed by atoms with E-state index in [2.05, 4.69) is 20.6 Å². The van der Waals surface area contributed by atoms with Gasteiger partial charge in [0.25, 0.3) is 5.91 Å². The Balaban J connectivity index is 1.53. The molecular formula is C14H20N4O. The van der Waals surface area contributed by atoms with Crippen LogP contribution in [0.5, 0.6) is 0 Å². The van der Waals surface area contributed by atoms with Crippen molar-refractivity contribution in [2.75, 3.05) is 18.9 Å². The van der Waals surface area contributed by atoms with Gasteiger partial charge in [0.05, 0.1) is 12.4 Å². The van der Waals surface area contributed by atoms with Gasteiger partial charge < -0.3 is 10.6 Å². The van der Waals surface area contributed by atoms with Crippen molar-refractivity contribution in [1.29, 1.82) is 0 Å². The number of hydrogen-bond donors (Lipinski definition) is 2. The van der Waals surface area contributed by atoms with E-state index in [1.807, 2.05) is 0 Å². The van der Waals surface area contributed by atoms with Crippen molar-refractivity contribution in [3.8, 4) is 0 Å². The molecule has 3 unspecified atom stereocenters. The minimum atomic E-state index is -0.113. The molecular weight excluding hydrogens is 240 g/mol. The SMILES string of the molecule is CNc1cnc(C(=O)NCC2CC3CCC2C3)cn1. The first-order valence-electron chi connectivity index (χ1n) is 7.04. The first kappa shape index (κ1) is 12.4. The number of carbonyl (C=O) groups is 1. The van der Waals surface area contributed by atoms with Crippen molar-refractivity contribution >= 4 is 11.7 Å². The van der Waals surface area contributed by atoms with E-state index in [4.69, 9.17) is 0 Å². The second-order valence-electron chi connectivity index (χ2n) is 5.68. The summed E-state index contributed by atoms with van der Waals surface area (Å²) in [5, 5.41) is 5.88. The zero-order chi connectivity index (χ0) is 13.2. The number of anilines is 1. The van der Waals surface area contributed by atoms with Crippen LogP contribution in [0.1, 0.15) is 36.2 Å². The summed E-state index contributed by atoms with van der Waals surface area (Å²) in [5.74, 6) is 2.99. The summed E-state index contributed by atoms with van der Waals surface area (Å²) in [6.07, 6.45) is 8.49. The number of nitrogens with one attached hydrogen (secondary N) is 2. The number of rotatable bonds is 4. The maximum Gasteiger partial charge on any atom is 0.271 e.